The Morgan fingerprint density at radius 3 is 2.58 bits per heavy atom. The molecule has 24 heavy (non-hydrogen) atoms. The summed E-state index contributed by atoms with van der Waals surface area (Å²) in [7, 11) is 1.54. The highest BCUT2D eigenvalue weighted by atomic mass is 32.1. The Bertz CT molecular complexity index is 699. The smallest absolute Gasteiger partial charge is 0.345 e. The second-order valence-corrected chi connectivity index (χ2v) is 7.32. The number of thiol groups is 1. The van der Waals surface area contributed by atoms with E-state index < -0.39 is 10.7 Å². The van der Waals surface area contributed by atoms with E-state index in [0.717, 1.165) is 0 Å². The summed E-state index contributed by atoms with van der Waals surface area (Å²) in [5.74, 6) is -0.909. The maximum atomic E-state index is 12.1. The number of carbonyl (C=O) groups is 2. The van der Waals surface area contributed by atoms with Gasteiger partial charge in [-0.3, -0.25) is 14.2 Å². The molecule has 1 rings (SSSR count). The molecule has 10 heteroatoms. The molecule has 0 saturated carbocycles. The minimum atomic E-state index is -0.924. The number of hydrazone groups is 1. The van der Waals surface area contributed by atoms with E-state index in [1.807, 2.05) is 13.8 Å². The zero-order valence-corrected chi connectivity index (χ0v) is 15.1. The molecule has 0 aromatic carbocycles. The van der Waals surface area contributed by atoms with Gasteiger partial charge >= 0.3 is 11.7 Å². The van der Waals surface area contributed by atoms with Crippen LogP contribution in [0.4, 0.5) is 0 Å². The molecule has 0 unspecified atom stereocenters. The first-order valence-corrected chi connectivity index (χ1v) is 7.87. The van der Waals surface area contributed by atoms with Crippen LogP contribution in [0.2, 0.25) is 0 Å². The van der Waals surface area contributed by atoms with Crippen LogP contribution >= 0.6 is 12.6 Å². The molecule has 0 radical (unpaired) electrons. The number of amides is 1. The molecule has 0 aliphatic heterocycles. The summed E-state index contributed by atoms with van der Waals surface area (Å²) in [4.78, 5) is 34.3. The van der Waals surface area contributed by atoms with Crippen molar-refractivity contribution in [2.45, 2.75) is 51.3 Å². The van der Waals surface area contributed by atoms with Gasteiger partial charge in [0.1, 0.15) is 5.71 Å². The number of aromatic nitrogens is 3. The first-order chi connectivity index (χ1) is 11.0. The summed E-state index contributed by atoms with van der Waals surface area (Å²) >= 11 is 4.28. The SMILES string of the molecule is C/C(=N\NC(=O)CC(C)(C)S)c1nn(CCCC(=O)O)c(=O)n1C. The van der Waals surface area contributed by atoms with Gasteiger partial charge < -0.3 is 5.11 Å². The highest BCUT2D eigenvalue weighted by Gasteiger charge is 2.17. The topological polar surface area (TPSA) is 119 Å². The molecule has 0 aliphatic rings. The lowest BCUT2D eigenvalue weighted by Gasteiger charge is -2.15. The van der Waals surface area contributed by atoms with Crippen LogP contribution in [0.5, 0.6) is 0 Å². The third-order valence-electron chi connectivity index (χ3n) is 3.07. The van der Waals surface area contributed by atoms with E-state index in [1.165, 1.54) is 16.3 Å². The predicted octanol–water partition coefficient (Wildman–Crippen LogP) is 0.385. The van der Waals surface area contributed by atoms with Crippen molar-refractivity contribution >= 4 is 30.2 Å². The first kappa shape index (κ1) is 19.9. The van der Waals surface area contributed by atoms with Crippen LogP contribution in [0.1, 0.15) is 45.9 Å². The van der Waals surface area contributed by atoms with Crippen LogP contribution in [0.3, 0.4) is 0 Å². The van der Waals surface area contributed by atoms with Gasteiger partial charge in [0.25, 0.3) is 0 Å². The lowest BCUT2D eigenvalue weighted by molar-refractivity contribution is -0.137. The largest absolute Gasteiger partial charge is 0.481 e. The minimum Gasteiger partial charge on any atom is -0.481 e. The van der Waals surface area contributed by atoms with Gasteiger partial charge in [0, 0.05) is 31.2 Å². The van der Waals surface area contributed by atoms with Crippen LogP contribution in [0.25, 0.3) is 0 Å². The van der Waals surface area contributed by atoms with E-state index in [1.54, 1.807) is 6.92 Å². The molecule has 2 N–H and O–H groups in total. The molecule has 1 heterocycles. The molecule has 1 aromatic rings. The minimum absolute atomic E-state index is 0.0407. The molecule has 134 valence electrons. The maximum Gasteiger partial charge on any atom is 0.345 e. The molecule has 9 nitrogen and oxygen atoms in total. The normalized spacial score (nSPS) is 12.3. The molecule has 1 aromatic heterocycles. The molecular weight excluding hydrogens is 334 g/mol. The summed E-state index contributed by atoms with van der Waals surface area (Å²) < 4.78 is 2.04. The number of carbonyl (C=O) groups excluding carboxylic acids is 1. The molecule has 0 atom stereocenters. The number of aryl methyl sites for hydroxylation is 1. The summed E-state index contributed by atoms with van der Waals surface area (Å²) in [6, 6.07) is 0. The van der Waals surface area contributed by atoms with Crippen molar-refractivity contribution in [3.63, 3.8) is 0 Å². The Labute approximate surface area is 145 Å². The Morgan fingerprint density at radius 1 is 1.42 bits per heavy atom. The van der Waals surface area contributed by atoms with Crippen molar-refractivity contribution in [3.8, 4) is 0 Å². The zero-order valence-electron chi connectivity index (χ0n) is 14.2. The Morgan fingerprint density at radius 2 is 2.04 bits per heavy atom. The average Bonchev–Trinajstić information content (AvgIpc) is 2.71. The van der Waals surface area contributed by atoms with E-state index in [0.29, 0.717) is 18.0 Å². The molecule has 0 saturated heterocycles. The van der Waals surface area contributed by atoms with Crippen LogP contribution in [0.15, 0.2) is 9.90 Å². The fraction of sp³-hybridized carbons (Fsp3) is 0.643. The predicted molar refractivity (Wildman–Crippen MR) is 92.4 cm³/mol. The molecular formula is C14H23N5O4S. The quantitative estimate of drug-likeness (QED) is 0.353. The van der Waals surface area contributed by atoms with Crippen molar-refractivity contribution in [2.75, 3.05) is 0 Å². The van der Waals surface area contributed by atoms with Crippen LogP contribution in [0, 0.1) is 0 Å². The highest BCUT2D eigenvalue weighted by Crippen LogP contribution is 2.16. The summed E-state index contributed by atoms with van der Waals surface area (Å²) in [6.07, 6.45) is 0.450. The standard InChI is InChI=1S/C14H23N5O4S/c1-9(15-16-10(20)8-14(2,3)24)12-17-19(13(23)18(12)4)7-5-6-11(21)22/h24H,5-8H2,1-4H3,(H,16,20)(H,21,22)/b15-9+. The molecule has 0 spiro atoms. The number of nitrogens with one attached hydrogen (secondary N) is 1. The van der Waals surface area contributed by atoms with Gasteiger partial charge in [0.2, 0.25) is 5.91 Å². The molecule has 1 amide bonds. The first-order valence-electron chi connectivity index (χ1n) is 7.43. The lowest BCUT2D eigenvalue weighted by atomic mass is 10.1. The van der Waals surface area contributed by atoms with Crippen molar-refractivity contribution in [1.29, 1.82) is 0 Å². The Hall–Kier alpha value is -2.10. The van der Waals surface area contributed by atoms with Crippen LogP contribution in [-0.4, -0.2) is 41.8 Å². The second-order valence-electron chi connectivity index (χ2n) is 6.11. The molecule has 0 aliphatic carbocycles. The second kappa shape index (κ2) is 8.13. The van der Waals surface area contributed by atoms with Crippen molar-refractivity contribution in [1.82, 2.24) is 19.8 Å². The van der Waals surface area contributed by atoms with Crippen molar-refractivity contribution in [2.24, 2.45) is 12.1 Å². The van der Waals surface area contributed by atoms with E-state index in [4.69, 9.17) is 5.11 Å². The lowest BCUT2D eigenvalue weighted by Crippen LogP contribution is -2.27. The Balaban J connectivity index is 2.82. The fourth-order valence-corrected chi connectivity index (χ4v) is 2.10. The average molecular weight is 357 g/mol. The number of rotatable bonds is 8. The van der Waals surface area contributed by atoms with E-state index in [2.05, 4.69) is 28.3 Å². The third-order valence-corrected chi connectivity index (χ3v) is 3.22. The zero-order chi connectivity index (χ0) is 18.5. The van der Waals surface area contributed by atoms with Gasteiger partial charge in [-0.2, -0.15) is 17.7 Å². The summed E-state index contributed by atoms with van der Waals surface area (Å²) in [5.41, 5.74) is 2.41. The van der Waals surface area contributed by atoms with Gasteiger partial charge in [-0.1, -0.05) is 13.8 Å². The van der Waals surface area contributed by atoms with Gasteiger partial charge in [0.15, 0.2) is 5.82 Å². The Kier molecular flexibility index (Phi) is 6.76. The number of carboxylic acid groups (broad SMARTS) is 1. The monoisotopic (exact) mass is 357 g/mol. The van der Waals surface area contributed by atoms with Gasteiger partial charge in [-0.25, -0.2) is 14.9 Å². The van der Waals surface area contributed by atoms with E-state index in [9.17, 15) is 14.4 Å². The van der Waals surface area contributed by atoms with Crippen molar-refractivity contribution in [3.05, 3.63) is 16.3 Å². The third kappa shape index (κ3) is 6.19. The van der Waals surface area contributed by atoms with E-state index in [-0.39, 0.29) is 31.0 Å². The number of aliphatic carboxylic acids is 1. The number of nitrogens with zero attached hydrogens (tertiary/aromatic N) is 4. The fourth-order valence-electron chi connectivity index (χ4n) is 1.96. The highest BCUT2D eigenvalue weighted by molar-refractivity contribution is 7.81. The van der Waals surface area contributed by atoms with Gasteiger partial charge in [0.05, 0.1) is 0 Å². The van der Waals surface area contributed by atoms with Crippen LogP contribution < -0.4 is 11.1 Å². The number of hydrogen-bond donors (Lipinski definition) is 3. The van der Waals surface area contributed by atoms with Gasteiger partial charge in [-0.15, -0.1) is 5.10 Å². The van der Waals surface area contributed by atoms with E-state index >= 15 is 0 Å². The van der Waals surface area contributed by atoms with Crippen molar-refractivity contribution < 1.29 is 14.7 Å². The van der Waals surface area contributed by atoms with Crippen LogP contribution in [-0.2, 0) is 23.2 Å². The van der Waals surface area contributed by atoms with Gasteiger partial charge in [-0.05, 0) is 13.3 Å². The summed E-state index contributed by atoms with van der Waals surface area (Å²) in [5, 5.41) is 16.7. The number of carboxylic acids is 1. The molecule has 0 fully saturated rings. The maximum absolute atomic E-state index is 12.1. The molecule has 0 bridgehead atoms. The summed E-state index contributed by atoms with van der Waals surface area (Å²) in [6.45, 7) is 5.45. The number of hydrogen-bond acceptors (Lipinski definition) is 6.